The van der Waals surface area contributed by atoms with Gasteiger partial charge in [0.25, 0.3) is 11.3 Å². The number of para-hydroxylation sites is 1. The summed E-state index contributed by atoms with van der Waals surface area (Å²) < 4.78 is 26.2. The van der Waals surface area contributed by atoms with Crippen LogP contribution < -0.4 is 4.31 Å². The molecule has 0 amide bonds. The Bertz CT molecular complexity index is 1560. The summed E-state index contributed by atoms with van der Waals surface area (Å²) in [5.41, 5.74) is 8.72. The fourth-order valence-electron chi connectivity index (χ4n) is 4.77. The van der Waals surface area contributed by atoms with Gasteiger partial charge in [-0.3, -0.25) is 8.86 Å². The van der Waals surface area contributed by atoms with Gasteiger partial charge in [-0.05, 0) is 48.2 Å². The fraction of sp³-hybridized carbons (Fsp3) is 0.200. The van der Waals surface area contributed by atoms with Gasteiger partial charge < -0.3 is 4.57 Å². The second-order valence-corrected chi connectivity index (χ2v) is 10.1. The van der Waals surface area contributed by atoms with Gasteiger partial charge in [-0.15, -0.1) is 0 Å². The van der Waals surface area contributed by atoms with Crippen molar-refractivity contribution in [3.05, 3.63) is 113 Å². The van der Waals surface area contributed by atoms with Crippen molar-refractivity contribution in [2.24, 2.45) is 0 Å². The van der Waals surface area contributed by atoms with Gasteiger partial charge in [0.05, 0.1) is 18.8 Å². The summed E-state index contributed by atoms with van der Waals surface area (Å²) in [6.07, 6.45) is 0.829. The molecule has 0 radical (unpaired) electrons. The highest BCUT2D eigenvalue weighted by atomic mass is 32.2. The summed E-state index contributed by atoms with van der Waals surface area (Å²) in [6, 6.07) is 27.9. The lowest BCUT2D eigenvalue weighted by atomic mass is 10.0. The van der Waals surface area contributed by atoms with E-state index in [-0.39, 0.29) is 0 Å². The third-order valence-corrected chi connectivity index (χ3v) is 7.26. The first-order valence-electron chi connectivity index (χ1n) is 12.4. The van der Waals surface area contributed by atoms with E-state index in [1.807, 2.05) is 61.5 Å². The summed E-state index contributed by atoms with van der Waals surface area (Å²) in [7, 11) is 0. The Kier molecular flexibility index (Phi) is 7.17. The average molecular weight is 511 g/mol. The predicted molar refractivity (Wildman–Crippen MR) is 151 cm³/mol. The molecule has 0 aliphatic heterocycles. The number of pyridine rings is 1. The lowest BCUT2D eigenvalue weighted by molar-refractivity contribution is 0.558. The van der Waals surface area contributed by atoms with Gasteiger partial charge in [-0.25, -0.2) is 14.2 Å². The highest BCUT2D eigenvalue weighted by molar-refractivity contribution is 7.80. The van der Waals surface area contributed by atoms with Gasteiger partial charge in [-0.1, -0.05) is 79.7 Å². The minimum absolute atomic E-state index is 0.332. The topological polar surface area (TPSA) is 71.2 Å². The molecule has 37 heavy (non-hydrogen) atoms. The van der Waals surface area contributed by atoms with Crippen LogP contribution in [-0.4, -0.2) is 23.3 Å². The van der Waals surface area contributed by atoms with Crippen LogP contribution in [0.4, 0.5) is 5.69 Å². The molecule has 0 spiro atoms. The van der Waals surface area contributed by atoms with Crippen LogP contribution >= 0.6 is 0 Å². The van der Waals surface area contributed by atoms with Crippen LogP contribution in [0.2, 0.25) is 0 Å². The van der Waals surface area contributed by atoms with E-state index < -0.39 is 11.3 Å². The summed E-state index contributed by atoms with van der Waals surface area (Å²) in [6.45, 7) is 7.23. The number of hydrogen-bond acceptors (Lipinski definition) is 3. The van der Waals surface area contributed by atoms with Crippen molar-refractivity contribution in [3.63, 3.8) is 0 Å². The third-order valence-electron chi connectivity index (χ3n) is 6.55. The lowest BCUT2D eigenvalue weighted by Gasteiger charge is -2.23. The Morgan fingerprint density at radius 3 is 2.30 bits per heavy atom. The molecule has 0 aliphatic carbocycles. The Hall–Kier alpha value is -3.81. The van der Waals surface area contributed by atoms with Crippen molar-refractivity contribution < 1.29 is 8.76 Å². The fourth-order valence-corrected chi connectivity index (χ4v) is 5.35. The number of rotatable bonds is 8. The van der Waals surface area contributed by atoms with E-state index in [0.29, 0.717) is 18.8 Å². The number of fused-ring (bicyclic) bond motifs is 1. The number of imidazole rings is 1. The van der Waals surface area contributed by atoms with Crippen molar-refractivity contribution in [1.82, 2.24) is 14.5 Å². The van der Waals surface area contributed by atoms with Crippen LogP contribution in [0.25, 0.3) is 22.3 Å². The van der Waals surface area contributed by atoms with E-state index in [9.17, 15) is 8.76 Å². The molecule has 3 aromatic carbocycles. The molecule has 0 saturated heterocycles. The van der Waals surface area contributed by atoms with Gasteiger partial charge >= 0.3 is 0 Å². The first kappa shape index (κ1) is 24.9. The lowest BCUT2D eigenvalue weighted by Crippen LogP contribution is -2.25. The third kappa shape index (κ3) is 5.19. The van der Waals surface area contributed by atoms with Crippen LogP contribution in [0, 0.1) is 13.8 Å². The molecule has 5 aromatic rings. The number of nitrogens with zero attached hydrogens (tertiary/aromatic N) is 4. The van der Waals surface area contributed by atoms with Gasteiger partial charge in [0.2, 0.25) is 0 Å². The van der Waals surface area contributed by atoms with Gasteiger partial charge in [0.1, 0.15) is 11.3 Å². The van der Waals surface area contributed by atoms with E-state index >= 15 is 0 Å². The van der Waals surface area contributed by atoms with Crippen molar-refractivity contribution in [1.29, 1.82) is 0 Å². The molecule has 1 unspecified atom stereocenters. The number of aryl methyl sites for hydroxylation is 3. The van der Waals surface area contributed by atoms with Crippen LogP contribution in [0.1, 0.15) is 35.1 Å². The van der Waals surface area contributed by atoms with E-state index in [0.717, 1.165) is 56.9 Å². The van der Waals surface area contributed by atoms with Crippen LogP contribution in [0.5, 0.6) is 0 Å². The molecule has 188 valence electrons. The van der Waals surface area contributed by atoms with E-state index in [2.05, 4.69) is 48.7 Å². The van der Waals surface area contributed by atoms with Gasteiger partial charge in [0, 0.05) is 17.7 Å². The highest BCUT2D eigenvalue weighted by Crippen LogP contribution is 2.33. The first-order valence-corrected chi connectivity index (χ1v) is 13.4. The van der Waals surface area contributed by atoms with Gasteiger partial charge in [0.15, 0.2) is 5.65 Å². The first-order chi connectivity index (χ1) is 17.9. The molecule has 1 N–H and O–H groups in total. The highest BCUT2D eigenvalue weighted by Gasteiger charge is 2.18. The van der Waals surface area contributed by atoms with Crippen LogP contribution in [0.3, 0.4) is 0 Å². The quantitative estimate of drug-likeness (QED) is 0.243. The molecule has 6 nitrogen and oxygen atoms in total. The zero-order chi connectivity index (χ0) is 25.9. The number of benzene rings is 3. The molecule has 7 heteroatoms. The number of anilines is 1. The Balaban J connectivity index is 1.47. The summed E-state index contributed by atoms with van der Waals surface area (Å²) in [4.78, 5) is 9.65. The SMILES string of the molecule is CCc1nc2c(C)cc(C)nc2n1Cc1ccc(-c2ccccc2N(Cc2ccccc2)S(=O)O)cc1. The summed E-state index contributed by atoms with van der Waals surface area (Å²) in [5.74, 6) is 1.02. The second-order valence-electron chi connectivity index (χ2n) is 9.19. The molecular weight excluding hydrogens is 480 g/mol. The van der Waals surface area contributed by atoms with Crippen molar-refractivity contribution >= 4 is 28.1 Å². The monoisotopic (exact) mass is 510 g/mol. The summed E-state index contributed by atoms with van der Waals surface area (Å²) in [5, 5.41) is 0. The van der Waals surface area contributed by atoms with Crippen molar-refractivity contribution in [2.75, 3.05) is 4.31 Å². The maximum absolute atomic E-state index is 12.4. The molecule has 2 heterocycles. The Morgan fingerprint density at radius 2 is 1.59 bits per heavy atom. The molecular formula is C30H30N4O2S. The van der Waals surface area contributed by atoms with Crippen molar-refractivity contribution in [3.8, 4) is 11.1 Å². The maximum Gasteiger partial charge on any atom is 0.262 e. The van der Waals surface area contributed by atoms with E-state index in [4.69, 9.17) is 9.97 Å². The number of hydrogen-bond donors (Lipinski definition) is 1. The minimum atomic E-state index is -2.17. The molecule has 1 atom stereocenters. The van der Waals surface area contributed by atoms with Gasteiger partial charge in [-0.2, -0.15) is 0 Å². The second kappa shape index (κ2) is 10.7. The smallest absolute Gasteiger partial charge is 0.262 e. The largest absolute Gasteiger partial charge is 0.308 e. The molecule has 0 aliphatic rings. The maximum atomic E-state index is 12.4. The van der Waals surface area contributed by atoms with E-state index in [1.165, 1.54) is 4.31 Å². The molecule has 5 rings (SSSR count). The number of aromatic nitrogens is 3. The minimum Gasteiger partial charge on any atom is -0.308 e. The Morgan fingerprint density at radius 1 is 0.892 bits per heavy atom. The molecule has 0 saturated carbocycles. The van der Waals surface area contributed by atoms with Crippen LogP contribution in [0.15, 0.2) is 84.9 Å². The van der Waals surface area contributed by atoms with E-state index in [1.54, 1.807) is 0 Å². The summed E-state index contributed by atoms with van der Waals surface area (Å²) >= 11 is -2.17. The standard InChI is InChI=1S/C30H30N4O2S/c1-4-28-32-29-21(2)18-22(3)31-30(29)33(28)19-24-14-16-25(17-15-24)26-12-8-9-13-27(26)34(37(35)36)20-23-10-6-5-7-11-23/h5-18H,4,19-20H2,1-3H3,(H,35,36). The molecule has 2 aromatic heterocycles. The molecule has 0 fully saturated rings. The predicted octanol–water partition coefficient (Wildman–Crippen LogP) is 6.47. The molecule has 0 bridgehead atoms. The zero-order valence-electron chi connectivity index (χ0n) is 21.3. The van der Waals surface area contributed by atoms with Crippen molar-refractivity contribution in [2.45, 2.75) is 40.3 Å². The Labute approximate surface area is 220 Å². The zero-order valence-corrected chi connectivity index (χ0v) is 22.1. The normalized spacial score (nSPS) is 12.1. The average Bonchev–Trinajstić information content (AvgIpc) is 3.26. The van der Waals surface area contributed by atoms with Crippen LogP contribution in [-0.2, 0) is 30.8 Å².